The van der Waals surface area contributed by atoms with E-state index in [1.54, 1.807) is 6.07 Å². The van der Waals surface area contributed by atoms with Crippen LogP contribution in [0.2, 0.25) is 10.0 Å². The van der Waals surface area contributed by atoms with Crippen LogP contribution in [0.5, 0.6) is 11.5 Å². The highest BCUT2D eigenvalue weighted by molar-refractivity contribution is 6.34. The number of hydrogen-bond donors (Lipinski definition) is 1. The topological polar surface area (TPSA) is 47.6 Å². The summed E-state index contributed by atoms with van der Waals surface area (Å²) in [6.45, 7) is -1.70. The average molecular weight is 394 g/mol. The Hall–Kier alpha value is -2.12. The van der Waals surface area contributed by atoms with Crippen molar-refractivity contribution in [2.75, 3.05) is 18.5 Å². The van der Waals surface area contributed by atoms with E-state index in [0.29, 0.717) is 15.7 Å². The molecule has 0 saturated heterocycles. The van der Waals surface area contributed by atoms with E-state index < -0.39 is 18.7 Å². The molecule has 0 fully saturated rings. The molecular formula is C16H12Cl2F3NO3. The molecule has 0 aliphatic heterocycles. The number of carbonyl (C=O) groups is 1. The van der Waals surface area contributed by atoms with Crippen LogP contribution in [0.15, 0.2) is 42.5 Å². The largest absolute Gasteiger partial charge is 0.484 e. The fourth-order valence-corrected chi connectivity index (χ4v) is 2.06. The molecular weight excluding hydrogens is 382 g/mol. The zero-order valence-corrected chi connectivity index (χ0v) is 14.1. The molecule has 1 N–H and O–H groups in total. The van der Waals surface area contributed by atoms with Crippen LogP contribution in [0.25, 0.3) is 0 Å². The Morgan fingerprint density at radius 2 is 1.72 bits per heavy atom. The van der Waals surface area contributed by atoms with Gasteiger partial charge in [-0.1, -0.05) is 23.2 Å². The Morgan fingerprint density at radius 3 is 2.36 bits per heavy atom. The second kappa shape index (κ2) is 8.31. The van der Waals surface area contributed by atoms with E-state index in [1.807, 2.05) is 0 Å². The molecule has 0 radical (unpaired) electrons. The molecule has 0 bridgehead atoms. The Bertz CT molecular complexity index is 736. The van der Waals surface area contributed by atoms with Gasteiger partial charge < -0.3 is 14.8 Å². The van der Waals surface area contributed by atoms with Crippen molar-refractivity contribution in [1.82, 2.24) is 0 Å². The molecule has 0 saturated carbocycles. The molecule has 0 heterocycles. The molecule has 2 rings (SSSR count). The van der Waals surface area contributed by atoms with E-state index in [0.717, 1.165) is 0 Å². The third-order valence-electron chi connectivity index (χ3n) is 2.79. The minimum absolute atomic E-state index is 0.0392. The molecule has 134 valence electrons. The van der Waals surface area contributed by atoms with Gasteiger partial charge in [-0.25, -0.2) is 0 Å². The Labute approximate surface area is 151 Å². The fraction of sp³-hybridized carbons (Fsp3) is 0.188. The maximum Gasteiger partial charge on any atom is 0.422 e. The van der Waals surface area contributed by atoms with Gasteiger partial charge in [0.1, 0.15) is 11.5 Å². The van der Waals surface area contributed by atoms with Gasteiger partial charge in [0.05, 0.1) is 5.02 Å². The van der Waals surface area contributed by atoms with E-state index in [1.165, 1.54) is 36.4 Å². The third-order valence-corrected chi connectivity index (χ3v) is 3.34. The lowest BCUT2D eigenvalue weighted by Crippen LogP contribution is -2.20. The number of anilines is 1. The van der Waals surface area contributed by atoms with Crippen molar-refractivity contribution in [3.63, 3.8) is 0 Å². The molecule has 9 heteroatoms. The Balaban J connectivity index is 1.85. The van der Waals surface area contributed by atoms with Crippen molar-refractivity contribution in [2.24, 2.45) is 0 Å². The normalized spacial score (nSPS) is 11.1. The van der Waals surface area contributed by atoms with Gasteiger partial charge in [0.25, 0.3) is 5.91 Å². The van der Waals surface area contributed by atoms with Crippen LogP contribution in [-0.4, -0.2) is 25.3 Å². The van der Waals surface area contributed by atoms with Crippen molar-refractivity contribution < 1.29 is 27.4 Å². The van der Waals surface area contributed by atoms with Crippen LogP contribution >= 0.6 is 23.2 Å². The lowest BCUT2D eigenvalue weighted by atomic mass is 10.3. The zero-order valence-electron chi connectivity index (χ0n) is 12.6. The third kappa shape index (κ3) is 6.72. The number of nitrogens with one attached hydrogen (secondary N) is 1. The molecule has 2 aromatic rings. The van der Waals surface area contributed by atoms with E-state index in [9.17, 15) is 18.0 Å². The van der Waals surface area contributed by atoms with Gasteiger partial charge in [0, 0.05) is 16.8 Å². The second-order valence-corrected chi connectivity index (χ2v) is 5.68. The van der Waals surface area contributed by atoms with Gasteiger partial charge in [-0.05, 0) is 36.4 Å². The summed E-state index contributed by atoms with van der Waals surface area (Å²) < 4.78 is 46.0. The van der Waals surface area contributed by atoms with Crippen LogP contribution in [-0.2, 0) is 4.79 Å². The van der Waals surface area contributed by atoms with Crippen molar-refractivity contribution in [3.8, 4) is 11.5 Å². The molecule has 1 amide bonds. The van der Waals surface area contributed by atoms with Gasteiger partial charge in [0.15, 0.2) is 13.2 Å². The van der Waals surface area contributed by atoms with Crippen LogP contribution in [0.1, 0.15) is 0 Å². The molecule has 0 aliphatic carbocycles. The number of ether oxygens (including phenoxy) is 2. The SMILES string of the molecule is O=C(COc1cc(Cl)ccc1Cl)Nc1ccc(OCC(F)(F)F)cc1. The van der Waals surface area contributed by atoms with E-state index in [4.69, 9.17) is 27.9 Å². The molecule has 0 unspecified atom stereocenters. The van der Waals surface area contributed by atoms with Crippen molar-refractivity contribution >= 4 is 34.8 Å². The summed E-state index contributed by atoms with van der Waals surface area (Å²) in [7, 11) is 0. The second-order valence-electron chi connectivity index (χ2n) is 4.84. The highest BCUT2D eigenvalue weighted by Gasteiger charge is 2.28. The van der Waals surface area contributed by atoms with Gasteiger partial charge in [-0.2, -0.15) is 13.2 Å². The van der Waals surface area contributed by atoms with Crippen molar-refractivity contribution in [2.45, 2.75) is 6.18 Å². The Morgan fingerprint density at radius 1 is 1.04 bits per heavy atom. The number of amides is 1. The first-order valence-corrected chi connectivity index (χ1v) is 7.66. The zero-order chi connectivity index (χ0) is 18.4. The number of benzene rings is 2. The van der Waals surface area contributed by atoms with Gasteiger partial charge in [0.2, 0.25) is 0 Å². The predicted octanol–water partition coefficient (Wildman–Crippen LogP) is 4.95. The van der Waals surface area contributed by atoms with E-state index in [2.05, 4.69) is 10.1 Å². The first-order chi connectivity index (χ1) is 11.7. The van der Waals surface area contributed by atoms with Gasteiger partial charge in [-0.15, -0.1) is 0 Å². The van der Waals surface area contributed by atoms with E-state index in [-0.39, 0.29) is 18.1 Å². The average Bonchev–Trinajstić information content (AvgIpc) is 2.54. The molecule has 0 aliphatic rings. The number of rotatable bonds is 6. The van der Waals surface area contributed by atoms with Crippen molar-refractivity contribution in [3.05, 3.63) is 52.5 Å². The number of hydrogen-bond acceptors (Lipinski definition) is 3. The van der Waals surface area contributed by atoms with Crippen LogP contribution in [0.3, 0.4) is 0 Å². The van der Waals surface area contributed by atoms with Gasteiger partial charge >= 0.3 is 6.18 Å². The quantitative estimate of drug-likeness (QED) is 0.754. The minimum Gasteiger partial charge on any atom is -0.484 e. The first kappa shape index (κ1) is 19.2. The summed E-state index contributed by atoms with van der Waals surface area (Å²) in [5.41, 5.74) is 0.380. The Kier molecular flexibility index (Phi) is 6.39. The maximum absolute atomic E-state index is 12.1. The lowest BCUT2D eigenvalue weighted by Gasteiger charge is -2.11. The van der Waals surface area contributed by atoms with E-state index >= 15 is 0 Å². The smallest absolute Gasteiger partial charge is 0.422 e. The summed E-state index contributed by atoms with van der Waals surface area (Å²) in [5, 5.41) is 3.25. The standard InChI is InChI=1S/C16H12Cl2F3NO3/c17-10-1-6-13(18)14(7-10)24-8-15(23)22-11-2-4-12(5-3-11)25-9-16(19,20)21/h1-7H,8-9H2,(H,22,23). The maximum atomic E-state index is 12.1. The van der Waals surface area contributed by atoms with Gasteiger partial charge in [-0.3, -0.25) is 4.79 Å². The summed E-state index contributed by atoms with van der Waals surface area (Å²) in [6.07, 6.45) is -4.41. The lowest BCUT2D eigenvalue weighted by molar-refractivity contribution is -0.153. The number of carbonyl (C=O) groups excluding carboxylic acids is 1. The highest BCUT2D eigenvalue weighted by atomic mass is 35.5. The van der Waals surface area contributed by atoms with Crippen molar-refractivity contribution in [1.29, 1.82) is 0 Å². The van der Waals surface area contributed by atoms with Crippen LogP contribution in [0.4, 0.5) is 18.9 Å². The first-order valence-electron chi connectivity index (χ1n) is 6.90. The summed E-state index contributed by atoms with van der Waals surface area (Å²) >= 11 is 11.7. The highest BCUT2D eigenvalue weighted by Crippen LogP contribution is 2.27. The van der Waals surface area contributed by atoms with Crippen LogP contribution < -0.4 is 14.8 Å². The summed E-state index contributed by atoms with van der Waals surface area (Å²) in [4.78, 5) is 11.8. The molecule has 0 aromatic heterocycles. The molecule has 0 atom stereocenters. The minimum atomic E-state index is -4.41. The molecule has 2 aromatic carbocycles. The fourth-order valence-electron chi connectivity index (χ4n) is 1.73. The predicted molar refractivity (Wildman–Crippen MR) is 88.6 cm³/mol. The number of halogens is 5. The number of alkyl halides is 3. The van der Waals surface area contributed by atoms with Crippen LogP contribution in [0, 0.1) is 0 Å². The molecule has 25 heavy (non-hydrogen) atoms. The molecule has 0 spiro atoms. The summed E-state index contributed by atoms with van der Waals surface area (Å²) in [5.74, 6) is -0.169. The molecule has 4 nitrogen and oxygen atoms in total. The monoisotopic (exact) mass is 393 g/mol. The summed E-state index contributed by atoms with van der Waals surface area (Å²) in [6, 6.07) is 10.1.